The van der Waals surface area contributed by atoms with Crippen LogP contribution in [-0.2, 0) is 0 Å². The molecule has 0 bridgehead atoms. The quantitative estimate of drug-likeness (QED) is 0.455. The van der Waals surface area contributed by atoms with E-state index < -0.39 is 0 Å². The van der Waals surface area contributed by atoms with E-state index in [4.69, 9.17) is 4.42 Å². The lowest BCUT2D eigenvalue weighted by atomic mass is 10.1. The van der Waals surface area contributed by atoms with Gasteiger partial charge in [0.2, 0.25) is 0 Å². The summed E-state index contributed by atoms with van der Waals surface area (Å²) in [6, 6.07) is 10.1. The Morgan fingerprint density at radius 1 is 0.941 bits per heavy atom. The van der Waals surface area contributed by atoms with Gasteiger partial charge in [-0.3, -0.25) is 9.97 Å². The van der Waals surface area contributed by atoms with Gasteiger partial charge in [-0.1, -0.05) is 6.07 Å². The zero-order valence-electron chi connectivity index (χ0n) is 8.92. The Labute approximate surface area is 96.7 Å². The molecule has 0 atom stereocenters. The smallest absolute Gasteiger partial charge is 0.153 e. The number of nitrogens with zero attached hydrogens (tertiary/aromatic N) is 2. The van der Waals surface area contributed by atoms with Gasteiger partial charge in [-0.15, -0.1) is 0 Å². The Kier molecular flexibility index (Phi) is 1.56. The summed E-state index contributed by atoms with van der Waals surface area (Å²) in [6.45, 7) is 0. The monoisotopic (exact) mass is 220 g/mol. The largest absolute Gasteiger partial charge is 0.454 e. The zero-order chi connectivity index (χ0) is 11.2. The third-order valence-corrected chi connectivity index (χ3v) is 3.00. The fourth-order valence-corrected chi connectivity index (χ4v) is 2.20. The van der Waals surface area contributed by atoms with Crippen LogP contribution in [-0.4, -0.2) is 9.97 Å². The maximum absolute atomic E-state index is 5.76. The maximum Gasteiger partial charge on any atom is 0.153 e. The number of hydrogen-bond donors (Lipinski definition) is 0. The van der Waals surface area contributed by atoms with Crippen LogP contribution in [0, 0.1) is 0 Å². The fourth-order valence-electron chi connectivity index (χ4n) is 2.20. The van der Waals surface area contributed by atoms with E-state index in [2.05, 4.69) is 22.1 Å². The molecule has 3 heterocycles. The molecule has 3 aromatic heterocycles. The van der Waals surface area contributed by atoms with Gasteiger partial charge in [0.25, 0.3) is 0 Å². The highest BCUT2D eigenvalue weighted by Gasteiger charge is 2.07. The summed E-state index contributed by atoms with van der Waals surface area (Å²) in [5.41, 5.74) is 2.63. The molecule has 0 spiro atoms. The van der Waals surface area contributed by atoms with Crippen LogP contribution < -0.4 is 0 Å². The minimum Gasteiger partial charge on any atom is -0.454 e. The molecule has 0 aliphatic heterocycles. The topological polar surface area (TPSA) is 38.9 Å². The molecule has 0 radical (unpaired) electrons. The van der Waals surface area contributed by atoms with E-state index in [1.807, 2.05) is 18.2 Å². The van der Waals surface area contributed by atoms with Crippen LogP contribution in [0.15, 0.2) is 53.3 Å². The van der Waals surface area contributed by atoms with Crippen LogP contribution in [0.4, 0.5) is 0 Å². The highest BCUT2D eigenvalue weighted by molar-refractivity contribution is 6.09. The average molecular weight is 220 g/mol. The first-order valence-corrected chi connectivity index (χ1v) is 5.43. The van der Waals surface area contributed by atoms with Crippen molar-refractivity contribution in [2.75, 3.05) is 0 Å². The molecule has 4 aromatic rings. The van der Waals surface area contributed by atoms with E-state index in [9.17, 15) is 0 Å². The second-order valence-corrected chi connectivity index (χ2v) is 4.02. The Morgan fingerprint density at radius 3 is 2.94 bits per heavy atom. The van der Waals surface area contributed by atoms with Crippen LogP contribution in [0.5, 0.6) is 0 Å². The molecular formula is C14H8N2O. The number of furan rings is 1. The Balaban J connectivity index is 2.28. The van der Waals surface area contributed by atoms with Crippen LogP contribution in [0.3, 0.4) is 0 Å². The highest BCUT2D eigenvalue weighted by Crippen LogP contribution is 2.30. The van der Waals surface area contributed by atoms with Gasteiger partial charge in [0, 0.05) is 34.6 Å². The van der Waals surface area contributed by atoms with Crippen LogP contribution in [0.1, 0.15) is 0 Å². The van der Waals surface area contributed by atoms with Crippen molar-refractivity contribution in [3.05, 3.63) is 48.9 Å². The van der Waals surface area contributed by atoms with Gasteiger partial charge in [-0.2, -0.15) is 0 Å². The number of hydrogen-bond acceptors (Lipinski definition) is 3. The summed E-state index contributed by atoms with van der Waals surface area (Å²) in [4.78, 5) is 8.39. The Morgan fingerprint density at radius 2 is 1.94 bits per heavy atom. The van der Waals surface area contributed by atoms with Crippen molar-refractivity contribution in [2.45, 2.75) is 0 Å². The minimum atomic E-state index is 0.817. The molecule has 4 rings (SSSR count). The van der Waals surface area contributed by atoms with Crippen molar-refractivity contribution in [2.24, 2.45) is 0 Å². The molecule has 0 amide bonds. The second kappa shape index (κ2) is 3.04. The molecule has 0 saturated heterocycles. The van der Waals surface area contributed by atoms with Crippen molar-refractivity contribution in [1.29, 1.82) is 0 Å². The number of benzene rings is 1. The molecule has 0 saturated carbocycles. The fraction of sp³-hybridized carbons (Fsp3) is 0. The summed E-state index contributed by atoms with van der Waals surface area (Å²) in [7, 11) is 0. The molecule has 0 N–H and O–H groups in total. The van der Waals surface area contributed by atoms with Gasteiger partial charge in [0.05, 0.1) is 11.7 Å². The highest BCUT2D eigenvalue weighted by atomic mass is 16.3. The number of aromatic nitrogens is 2. The number of pyridine rings is 2. The lowest BCUT2D eigenvalue weighted by Crippen LogP contribution is -1.76. The summed E-state index contributed by atoms with van der Waals surface area (Å²) in [5.74, 6) is 0. The van der Waals surface area contributed by atoms with Crippen molar-refractivity contribution in [1.82, 2.24) is 9.97 Å². The van der Waals surface area contributed by atoms with E-state index in [-0.39, 0.29) is 0 Å². The molecular weight excluding hydrogens is 212 g/mol. The average Bonchev–Trinajstić information content (AvgIpc) is 2.73. The second-order valence-electron chi connectivity index (χ2n) is 4.02. The van der Waals surface area contributed by atoms with E-state index in [0.29, 0.717) is 0 Å². The predicted molar refractivity (Wildman–Crippen MR) is 66.8 cm³/mol. The van der Waals surface area contributed by atoms with Crippen LogP contribution in [0.2, 0.25) is 0 Å². The third-order valence-electron chi connectivity index (χ3n) is 3.00. The lowest BCUT2D eigenvalue weighted by molar-refractivity contribution is 0.667. The molecule has 1 aromatic carbocycles. The van der Waals surface area contributed by atoms with Crippen molar-refractivity contribution >= 4 is 32.8 Å². The molecule has 0 fully saturated rings. The molecule has 3 heteroatoms. The van der Waals surface area contributed by atoms with Crippen LogP contribution >= 0.6 is 0 Å². The van der Waals surface area contributed by atoms with Gasteiger partial charge < -0.3 is 4.42 Å². The zero-order valence-corrected chi connectivity index (χ0v) is 8.92. The van der Waals surface area contributed by atoms with Gasteiger partial charge >= 0.3 is 0 Å². The van der Waals surface area contributed by atoms with Gasteiger partial charge in [0.15, 0.2) is 5.58 Å². The standard InChI is InChI=1S/C14H8N2O/c1-2-9-6-11-10-3-5-15-8-14(10)17-13(11)7-12(9)16-4-1/h1-8H. The van der Waals surface area contributed by atoms with Crippen molar-refractivity contribution in [3.63, 3.8) is 0 Å². The first-order valence-electron chi connectivity index (χ1n) is 5.43. The van der Waals surface area contributed by atoms with Gasteiger partial charge in [0.1, 0.15) is 5.58 Å². The molecule has 0 aliphatic rings. The predicted octanol–water partition coefficient (Wildman–Crippen LogP) is 3.53. The summed E-state index contributed by atoms with van der Waals surface area (Å²) >= 11 is 0. The third kappa shape index (κ3) is 1.16. The summed E-state index contributed by atoms with van der Waals surface area (Å²) in [6.07, 6.45) is 5.32. The normalized spacial score (nSPS) is 11.5. The van der Waals surface area contributed by atoms with E-state index in [1.165, 1.54) is 0 Å². The van der Waals surface area contributed by atoms with E-state index >= 15 is 0 Å². The van der Waals surface area contributed by atoms with Crippen molar-refractivity contribution in [3.8, 4) is 0 Å². The molecule has 0 aliphatic carbocycles. The lowest BCUT2D eigenvalue weighted by Gasteiger charge is -1.95. The Bertz CT molecular complexity index is 842. The maximum atomic E-state index is 5.76. The van der Waals surface area contributed by atoms with E-state index in [0.717, 1.165) is 32.8 Å². The summed E-state index contributed by atoms with van der Waals surface area (Å²) < 4.78 is 5.76. The molecule has 80 valence electrons. The molecule has 0 unspecified atom stereocenters. The van der Waals surface area contributed by atoms with Gasteiger partial charge in [-0.05, 0) is 18.2 Å². The van der Waals surface area contributed by atoms with Crippen LogP contribution in [0.25, 0.3) is 32.8 Å². The van der Waals surface area contributed by atoms with Gasteiger partial charge in [-0.25, -0.2) is 0 Å². The molecule has 3 nitrogen and oxygen atoms in total. The Hall–Kier alpha value is -2.42. The number of fused-ring (bicyclic) bond motifs is 4. The molecule has 17 heavy (non-hydrogen) atoms. The van der Waals surface area contributed by atoms with Crippen molar-refractivity contribution < 1.29 is 4.42 Å². The summed E-state index contributed by atoms with van der Waals surface area (Å²) in [5, 5.41) is 3.34. The SMILES string of the molecule is c1cnc2cc3oc4cnccc4c3cc2c1. The minimum absolute atomic E-state index is 0.817. The first kappa shape index (κ1) is 8.70. The van der Waals surface area contributed by atoms with E-state index in [1.54, 1.807) is 18.6 Å². The number of rotatable bonds is 0. The first-order chi connectivity index (χ1) is 8.42.